The monoisotopic (exact) mass is 247 g/mol. The van der Waals surface area contributed by atoms with E-state index in [1.807, 2.05) is 19.9 Å². The van der Waals surface area contributed by atoms with Crippen LogP contribution < -0.4 is 5.73 Å². The predicted octanol–water partition coefficient (Wildman–Crippen LogP) is 1.77. The van der Waals surface area contributed by atoms with Gasteiger partial charge in [0.05, 0.1) is 0 Å². The third-order valence-electron chi connectivity index (χ3n) is 3.29. The molecular formula is C13H21N5. The van der Waals surface area contributed by atoms with Crippen LogP contribution in [0.25, 0.3) is 0 Å². The lowest BCUT2D eigenvalue weighted by Gasteiger charge is -2.30. The summed E-state index contributed by atoms with van der Waals surface area (Å²) in [6, 6.07) is 1.93. The number of likely N-dealkylation sites (tertiary alicyclic amines) is 1. The van der Waals surface area contributed by atoms with Gasteiger partial charge in [0.2, 0.25) is 0 Å². The van der Waals surface area contributed by atoms with E-state index in [0.29, 0.717) is 11.9 Å². The molecule has 0 atom stereocenters. The van der Waals surface area contributed by atoms with Gasteiger partial charge < -0.3 is 10.6 Å². The summed E-state index contributed by atoms with van der Waals surface area (Å²) in [6.07, 6.45) is 2.34. The summed E-state index contributed by atoms with van der Waals surface area (Å²) < 4.78 is 0. The molecule has 0 amide bonds. The third-order valence-corrected chi connectivity index (χ3v) is 3.29. The maximum atomic E-state index is 6.02. The molecule has 98 valence electrons. The SMILES string of the molecule is Cc1cc(C)nc(/N=C(/N)N2CCC(C)CC2)n1. The van der Waals surface area contributed by atoms with Crippen LogP contribution in [-0.2, 0) is 0 Å². The highest BCUT2D eigenvalue weighted by Crippen LogP contribution is 2.16. The average molecular weight is 247 g/mol. The molecule has 18 heavy (non-hydrogen) atoms. The van der Waals surface area contributed by atoms with E-state index in [4.69, 9.17) is 5.73 Å². The van der Waals surface area contributed by atoms with Crippen LogP contribution in [0.2, 0.25) is 0 Å². The van der Waals surface area contributed by atoms with Crippen LogP contribution in [0.1, 0.15) is 31.2 Å². The number of piperidine rings is 1. The number of hydrogen-bond donors (Lipinski definition) is 1. The van der Waals surface area contributed by atoms with Crippen molar-refractivity contribution in [3.05, 3.63) is 17.5 Å². The molecule has 0 aromatic carbocycles. The standard InChI is InChI=1S/C13H21N5/c1-9-4-6-18(7-5-9)12(14)17-13-15-10(2)8-11(3)16-13/h8-9H,4-7H2,1-3H3,(H2,14,15,16,17). The Morgan fingerprint density at radius 1 is 1.28 bits per heavy atom. The molecule has 1 fully saturated rings. The van der Waals surface area contributed by atoms with Gasteiger partial charge in [-0.05, 0) is 38.7 Å². The second kappa shape index (κ2) is 5.33. The zero-order valence-electron chi connectivity index (χ0n) is 11.3. The molecule has 5 heteroatoms. The molecule has 0 unspecified atom stereocenters. The van der Waals surface area contributed by atoms with Crippen LogP contribution in [0.4, 0.5) is 5.95 Å². The lowest BCUT2D eigenvalue weighted by Crippen LogP contribution is -2.42. The lowest BCUT2D eigenvalue weighted by molar-refractivity contribution is 0.278. The minimum Gasteiger partial charge on any atom is -0.369 e. The van der Waals surface area contributed by atoms with Crippen molar-refractivity contribution in [1.82, 2.24) is 14.9 Å². The Labute approximate surface area is 108 Å². The topological polar surface area (TPSA) is 67.4 Å². The number of guanidine groups is 1. The Hall–Kier alpha value is -1.65. The second-order valence-electron chi connectivity index (χ2n) is 5.09. The van der Waals surface area contributed by atoms with Gasteiger partial charge in [-0.15, -0.1) is 0 Å². The molecule has 0 spiro atoms. The third kappa shape index (κ3) is 3.18. The molecule has 1 saturated heterocycles. The molecule has 0 saturated carbocycles. The first kappa shape index (κ1) is 12.8. The normalized spacial score (nSPS) is 18.2. The Morgan fingerprint density at radius 2 is 1.83 bits per heavy atom. The zero-order valence-corrected chi connectivity index (χ0v) is 11.3. The summed E-state index contributed by atoms with van der Waals surface area (Å²) in [5, 5.41) is 0. The average Bonchev–Trinajstić information content (AvgIpc) is 2.28. The van der Waals surface area contributed by atoms with Crippen LogP contribution in [0, 0.1) is 19.8 Å². The van der Waals surface area contributed by atoms with E-state index in [2.05, 4.69) is 26.8 Å². The van der Waals surface area contributed by atoms with E-state index in [1.165, 1.54) is 12.8 Å². The number of nitrogens with two attached hydrogens (primary N) is 1. The maximum Gasteiger partial charge on any atom is 0.253 e. The molecule has 1 aromatic heterocycles. The van der Waals surface area contributed by atoms with E-state index in [-0.39, 0.29) is 0 Å². The van der Waals surface area contributed by atoms with Gasteiger partial charge in [0.25, 0.3) is 5.95 Å². The molecule has 2 rings (SSSR count). The van der Waals surface area contributed by atoms with Gasteiger partial charge in [-0.2, -0.15) is 4.99 Å². The number of nitrogens with zero attached hydrogens (tertiary/aromatic N) is 4. The fourth-order valence-corrected chi connectivity index (χ4v) is 2.17. The Bertz CT molecular complexity index is 426. The zero-order chi connectivity index (χ0) is 13.1. The van der Waals surface area contributed by atoms with Crippen LogP contribution in [0.15, 0.2) is 11.1 Å². The Morgan fingerprint density at radius 3 is 2.39 bits per heavy atom. The van der Waals surface area contributed by atoms with Crippen molar-refractivity contribution in [1.29, 1.82) is 0 Å². The number of aryl methyl sites for hydroxylation is 2. The van der Waals surface area contributed by atoms with Crippen molar-refractivity contribution in [2.24, 2.45) is 16.6 Å². The molecule has 0 radical (unpaired) electrons. The van der Waals surface area contributed by atoms with Gasteiger partial charge in [-0.25, -0.2) is 9.97 Å². The molecule has 1 aromatic rings. The van der Waals surface area contributed by atoms with Gasteiger partial charge in [0.15, 0.2) is 5.96 Å². The minimum absolute atomic E-state index is 0.462. The van der Waals surface area contributed by atoms with E-state index >= 15 is 0 Å². The first-order valence-electron chi connectivity index (χ1n) is 6.46. The van der Waals surface area contributed by atoms with Gasteiger partial charge >= 0.3 is 0 Å². The first-order valence-corrected chi connectivity index (χ1v) is 6.46. The first-order chi connectivity index (χ1) is 8.54. The molecule has 5 nitrogen and oxygen atoms in total. The highest BCUT2D eigenvalue weighted by molar-refractivity contribution is 5.80. The molecule has 1 aliphatic rings. The summed E-state index contributed by atoms with van der Waals surface area (Å²) in [4.78, 5) is 15.0. The summed E-state index contributed by atoms with van der Waals surface area (Å²) >= 11 is 0. The second-order valence-corrected chi connectivity index (χ2v) is 5.09. The van der Waals surface area contributed by atoms with Crippen LogP contribution in [-0.4, -0.2) is 33.9 Å². The molecule has 0 aliphatic carbocycles. The van der Waals surface area contributed by atoms with Crippen molar-refractivity contribution in [3.63, 3.8) is 0 Å². The molecule has 2 heterocycles. The van der Waals surface area contributed by atoms with Crippen molar-refractivity contribution in [2.45, 2.75) is 33.6 Å². The lowest BCUT2D eigenvalue weighted by atomic mass is 10.00. The van der Waals surface area contributed by atoms with Gasteiger partial charge in [0.1, 0.15) is 0 Å². The predicted molar refractivity (Wildman–Crippen MR) is 72.8 cm³/mol. The van der Waals surface area contributed by atoms with Crippen molar-refractivity contribution >= 4 is 11.9 Å². The molecule has 2 N–H and O–H groups in total. The summed E-state index contributed by atoms with van der Waals surface area (Å²) in [5.74, 6) is 1.78. The fourth-order valence-electron chi connectivity index (χ4n) is 2.17. The number of hydrogen-bond acceptors (Lipinski definition) is 3. The summed E-state index contributed by atoms with van der Waals surface area (Å²) in [7, 11) is 0. The molecule has 0 bridgehead atoms. The van der Waals surface area contributed by atoms with Crippen molar-refractivity contribution in [3.8, 4) is 0 Å². The van der Waals surface area contributed by atoms with E-state index in [9.17, 15) is 0 Å². The number of aliphatic imine (C=N–C) groups is 1. The molecule has 1 aliphatic heterocycles. The maximum absolute atomic E-state index is 6.02. The largest absolute Gasteiger partial charge is 0.369 e. The summed E-state index contributed by atoms with van der Waals surface area (Å²) in [6.45, 7) is 8.10. The number of aromatic nitrogens is 2. The van der Waals surface area contributed by atoms with Gasteiger partial charge in [0, 0.05) is 24.5 Å². The van der Waals surface area contributed by atoms with E-state index in [1.54, 1.807) is 0 Å². The van der Waals surface area contributed by atoms with Crippen molar-refractivity contribution in [2.75, 3.05) is 13.1 Å². The quantitative estimate of drug-likeness (QED) is 0.606. The Balaban J connectivity index is 2.12. The Kier molecular flexibility index (Phi) is 3.79. The molecular weight excluding hydrogens is 226 g/mol. The van der Waals surface area contributed by atoms with Crippen LogP contribution in [0.5, 0.6) is 0 Å². The smallest absolute Gasteiger partial charge is 0.253 e. The van der Waals surface area contributed by atoms with Gasteiger partial charge in [-0.3, -0.25) is 0 Å². The highest BCUT2D eigenvalue weighted by Gasteiger charge is 2.17. The highest BCUT2D eigenvalue weighted by atomic mass is 15.3. The van der Waals surface area contributed by atoms with Crippen LogP contribution >= 0.6 is 0 Å². The van der Waals surface area contributed by atoms with E-state index in [0.717, 1.165) is 30.4 Å². The van der Waals surface area contributed by atoms with Gasteiger partial charge in [-0.1, -0.05) is 6.92 Å². The minimum atomic E-state index is 0.462. The fraction of sp³-hybridized carbons (Fsp3) is 0.615. The number of rotatable bonds is 1. The van der Waals surface area contributed by atoms with E-state index < -0.39 is 0 Å². The summed E-state index contributed by atoms with van der Waals surface area (Å²) in [5.41, 5.74) is 7.86. The van der Waals surface area contributed by atoms with Crippen LogP contribution in [0.3, 0.4) is 0 Å². The van der Waals surface area contributed by atoms with Crippen molar-refractivity contribution < 1.29 is 0 Å².